The molecule has 0 fully saturated rings. The fourth-order valence-electron chi connectivity index (χ4n) is 2.01. The Labute approximate surface area is 117 Å². The predicted molar refractivity (Wildman–Crippen MR) is 75.3 cm³/mol. The first-order chi connectivity index (χ1) is 9.16. The van der Waals surface area contributed by atoms with E-state index >= 15 is 0 Å². The maximum absolute atomic E-state index is 12.5. The Balaban J connectivity index is 2.21. The fourth-order valence-corrected chi connectivity index (χ4v) is 2.50. The molecular formula is C14H9BrN2O2. The number of rotatable bonds is 2. The highest BCUT2D eigenvalue weighted by Crippen LogP contribution is 2.27. The Hall–Kier alpha value is -2.14. The van der Waals surface area contributed by atoms with Crippen molar-refractivity contribution in [2.24, 2.45) is 0 Å². The van der Waals surface area contributed by atoms with Crippen LogP contribution in [0.1, 0.15) is 15.9 Å². The molecule has 0 aliphatic rings. The first kappa shape index (κ1) is 11.9. The van der Waals surface area contributed by atoms with Crippen molar-refractivity contribution in [3.05, 3.63) is 58.3 Å². The number of benzene rings is 1. The molecule has 2 heterocycles. The molecule has 0 radical (unpaired) electrons. The van der Waals surface area contributed by atoms with Crippen LogP contribution in [0, 0.1) is 0 Å². The third-order valence-corrected chi connectivity index (χ3v) is 3.48. The van der Waals surface area contributed by atoms with Crippen molar-refractivity contribution in [2.45, 2.75) is 0 Å². The molecule has 4 nitrogen and oxygen atoms in total. The van der Waals surface area contributed by atoms with Crippen molar-refractivity contribution >= 4 is 32.7 Å². The summed E-state index contributed by atoms with van der Waals surface area (Å²) in [6.07, 6.45) is 3.33. The molecule has 2 N–H and O–H groups in total. The zero-order chi connectivity index (χ0) is 13.4. The molecule has 0 unspecified atom stereocenters. The number of hydrogen-bond acceptors (Lipinski definition) is 3. The topological polar surface area (TPSA) is 66.0 Å². The van der Waals surface area contributed by atoms with Crippen LogP contribution < -0.4 is 0 Å². The summed E-state index contributed by atoms with van der Waals surface area (Å²) >= 11 is 3.36. The fraction of sp³-hybridized carbons (Fsp3) is 0. The second-order valence-electron chi connectivity index (χ2n) is 4.10. The van der Waals surface area contributed by atoms with Gasteiger partial charge < -0.3 is 10.1 Å². The molecule has 0 atom stereocenters. The van der Waals surface area contributed by atoms with E-state index in [1.807, 2.05) is 6.07 Å². The Morgan fingerprint density at radius 2 is 2.16 bits per heavy atom. The largest absolute Gasteiger partial charge is 0.508 e. The lowest BCUT2D eigenvalue weighted by Gasteiger charge is -2.05. The van der Waals surface area contributed by atoms with Crippen LogP contribution in [0.25, 0.3) is 11.0 Å². The molecule has 0 saturated heterocycles. The highest BCUT2D eigenvalue weighted by atomic mass is 79.9. The van der Waals surface area contributed by atoms with E-state index in [2.05, 4.69) is 25.9 Å². The van der Waals surface area contributed by atoms with Gasteiger partial charge in [0, 0.05) is 33.4 Å². The molecule has 94 valence electrons. The van der Waals surface area contributed by atoms with E-state index in [1.165, 1.54) is 12.1 Å². The summed E-state index contributed by atoms with van der Waals surface area (Å²) in [4.78, 5) is 19.7. The van der Waals surface area contributed by atoms with Crippen LogP contribution in [-0.2, 0) is 0 Å². The molecule has 0 aliphatic heterocycles. The van der Waals surface area contributed by atoms with Crippen LogP contribution in [0.3, 0.4) is 0 Å². The number of halogens is 1. The smallest absolute Gasteiger partial charge is 0.195 e. The van der Waals surface area contributed by atoms with Gasteiger partial charge in [-0.25, -0.2) is 4.98 Å². The average molecular weight is 317 g/mol. The molecule has 3 rings (SSSR count). The summed E-state index contributed by atoms with van der Waals surface area (Å²) in [6.45, 7) is 0. The van der Waals surface area contributed by atoms with E-state index in [0.29, 0.717) is 21.2 Å². The van der Waals surface area contributed by atoms with Gasteiger partial charge in [0.25, 0.3) is 0 Å². The Kier molecular flexibility index (Phi) is 2.83. The number of carbonyl (C=O) groups excluding carboxylic acids is 1. The SMILES string of the molecule is O=C(c1cccc(O)c1)c1c(Br)cnc2[nH]ccc12. The number of carbonyl (C=O) groups is 1. The number of aromatic hydroxyl groups is 1. The maximum atomic E-state index is 12.5. The van der Waals surface area contributed by atoms with E-state index in [1.54, 1.807) is 24.5 Å². The molecule has 0 amide bonds. The second-order valence-corrected chi connectivity index (χ2v) is 4.95. The molecule has 5 heteroatoms. The van der Waals surface area contributed by atoms with Gasteiger partial charge in [0.1, 0.15) is 11.4 Å². The predicted octanol–water partition coefficient (Wildman–Crippen LogP) is 3.26. The zero-order valence-corrected chi connectivity index (χ0v) is 11.3. The number of phenols is 1. The van der Waals surface area contributed by atoms with Crippen LogP contribution in [-0.4, -0.2) is 20.9 Å². The first-order valence-corrected chi connectivity index (χ1v) is 6.41. The van der Waals surface area contributed by atoms with Crippen molar-refractivity contribution in [3.8, 4) is 5.75 Å². The number of fused-ring (bicyclic) bond motifs is 1. The van der Waals surface area contributed by atoms with Crippen LogP contribution in [0.5, 0.6) is 5.75 Å². The molecule has 0 saturated carbocycles. The zero-order valence-electron chi connectivity index (χ0n) is 9.72. The van der Waals surface area contributed by atoms with Crippen molar-refractivity contribution in [3.63, 3.8) is 0 Å². The van der Waals surface area contributed by atoms with E-state index < -0.39 is 0 Å². The minimum Gasteiger partial charge on any atom is -0.508 e. The lowest BCUT2D eigenvalue weighted by Crippen LogP contribution is -2.03. The summed E-state index contributed by atoms with van der Waals surface area (Å²) in [5, 5.41) is 10.2. The highest BCUT2D eigenvalue weighted by Gasteiger charge is 2.17. The van der Waals surface area contributed by atoms with Gasteiger partial charge >= 0.3 is 0 Å². The van der Waals surface area contributed by atoms with Crippen LogP contribution in [0.15, 0.2) is 47.2 Å². The maximum Gasteiger partial charge on any atom is 0.195 e. The minimum absolute atomic E-state index is 0.0707. The second kappa shape index (κ2) is 4.51. The summed E-state index contributed by atoms with van der Waals surface area (Å²) in [5.74, 6) is -0.0869. The number of pyridine rings is 1. The summed E-state index contributed by atoms with van der Waals surface area (Å²) < 4.78 is 0.632. The number of ketones is 1. The number of aromatic nitrogens is 2. The van der Waals surface area contributed by atoms with Crippen molar-refractivity contribution in [2.75, 3.05) is 0 Å². The van der Waals surface area contributed by atoms with Gasteiger partial charge in [-0.3, -0.25) is 4.79 Å². The lowest BCUT2D eigenvalue weighted by molar-refractivity contribution is 0.103. The van der Waals surface area contributed by atoms with Gasteiger partial charge in [-0.1, -0.05) is 12.1 Å². The van der Waals surface area contributed by atoms with Crippen molar-refractivity contribution in [1.29, 1.82) is 0 Å². The number of hydrogen-bond donors (Lipinski definition) is 2. The lowest BCUT2D eigenvalue weighted by atomic mass is 10.0. The first-order valence-electron chi connectivity index (χ1n) is 5.62. The molecule has 0 spiro atoms. The van der Waals surface area contributed by atoms with Gasteiger partial charge in [-0.15, -0.1) is 0 Å². The van der Waals surface area contributed by atoms with Gasteiger partial charge in [-0.05, 0) is 34.1 Å². The standard InChI is InChI=1S/C14H9BrN2O2/c15-11-7-17-14-10(4-5-16-14)12(11)13(19)8-2-1-3-9(18)6-8/h1-7,18H,(H,16,17). The summed E-state index contributed by atoms with van der Waals surface area (Å²) in [5.41, 5.74) is 1.64. The van der Waals surface area contributed by atoms with Crippen LogP contribution in [0.4, 0.5) is 0 Å². The molecule has 0 bridgehead atoms. The summed E-state index contributed by atoms with van der Waals surface area (Å²) in [7, 11) is 0. The third kappa shape index (κ3) is 2.02. The van der Waals surface area contributed by atoms with Gasteiger partial charge in [-0.2, -0.15) is 0 Å². The van der Waals surface area contributed by atoms with Crippen molar-refractivity contribution < 1.29 is 9.90 Å². The Morgan fingerprint density at radius 1 is 1.32 bits per heavy atom. The quantitative estimate of drug-likeness (QED) is 0.713. The van der Waals surface area contributed by atoms with E-state index in [9.17, 15) is 9.90 Å². The average Bonchev–Trinajstić information content (AvgIpc) is 2.86. The van der Waals surface area contributed by atoms with Crippen LogP contribution in [0.2, 0.25) is 0 Å². The normalized spacial score (nSPS) is 10.8. The van der Waals surface area contributed by atoms with Crippen molar-refractivity contribution in [1.82, 2.24) is 9.97 Å². The summed E-state index contributed by atoms with van der Waals surface area (Å²) in [6, 6.07) is 8.11. The third-order valence-electron chi connectivity index (χ3n) is 2.88. The Morgan fingerprint density at radius 3 is 2.95 bits per heavy atom. The molecule has 1 aromatic carbocycles. The monoisotopic (exact) mass is 316 g/mol. The van der Waals surface area contributed by atoms with Crippen LogP contribution >= 0.6 is 15.9 Å². The number of nitrogens with zero attached hydrogens (tertiary/aromatic N) is 1. The minimum atomic E-state index is -0.158. The highest BCUT2D eigenvalue weighted by molar-refractivity contribution is 9.10. The molecule has 2 aromatic heterocycles. The van der Waals surface area contributed by atoms with E-state index in [4.69, 9.17) is 0 Å². The Bertz CT molecular complexity index is 780. The molecule has 19 heavy (non-hydrogen) atoms. The van der Waals surface area contributed by atoms with E-state index in [0.717, 1.165) is 5.39 Å². The van der Waals surface area contributed by atoms with E-state index in [-0.39, 0.29) is 11.5 Å². The van der Waals surface area contributed by atoms with Gasteiger partial charge in [0.2, 0.25) is 0 Å². The molecule has 0 aliphatic carbocycles. The number of H-pyrrole nitrogens is 1. The number of nitrogens with one attached hydrogen (secondary N) is 1. The van der Waals surface area contributed by atoms with Gasteiger partial charge in [0.05, 0.1) is 0 Å². The molecular weight excluding hydrogens is 308 g/mol. The molecule has 3 aromatic rings. The number of phenolic OH excluding ortho intramolecular Hbond substituents is 1. The van der Waals surface area contributed by atoms with Gasteiger partial charge in [0.15, 0.2) is 5.78 Å². The number of aromatic amines is 1.